The Morgan fingerprint density at radius 3 is 2.14 bits per heavy atom. The van der Waals surface area contributed by atoms with Gasteiger partial charge in [-0.3, -0.25) is 14.4 Å². The molecule has 2 aliphatic rings. The molecule has 7 nitrogen and oxygen atoms in total. The number of carboxylic acid groups (broad SMARTS) is 1. The first-order chi connectivity index (χ1) is 16.4. The molecule has 35 heavy (non-hydrogen) atoms. The molecule has 0 radical (unpaired) electrons. The SMILES string of the molecule is CC(=O)Oc1cc2c(cc1OC(C)=O)[C@]1(C)CCC(=O)[C@](C)(Cc3ccc(C(=O)O)cc3)[C@H]1CC2. The molecule has 2 aromatic carbocycles. The summed E-state index contributed by atoms with van der Waals surface area (Å²) in [5.74, 6) is -1.31. The summed E-state index contributed by atoms with van der Waals surface area (Å²) in [5.41, 5.74) is 2.20. The van der Waals surface area contributed by atoms with Gasteiger partial charge >= 0.3 is 17.9 Å². The molecular formula is C28H30O7. The van der Waals surface area contributed by atoms with Crippen LogP contribution in [-0.2, 0) is 32.6 Å². The minimum atomic E-state index is -0.982. The molecule has 184 valence electrons. The number of Topliss-reactive ketones (excluding diaryl/α,β-unsaturated/α-hetero) is 1. The zero-order valence-corrected chi connectivity index (χ0v) is 20.5. The van der Waals surface area contributed by atoms with E-state index in [9.17, 15) is 24.3 Å². The molecule has 2 aliphatic carbocycles. The Labute approximate surface area is 204 Å². The number of carboxylic acids is 1. The van der Waals surface area contributed by atoms with E-state index in [1.165, 1.54) is 13.8 Å². The Balaban J connectivity index is 1.75. The highest BCUT2D eigenvalue weighted by molar-refractivity contribution is 5.88. The molecule has 0 aromatic heterocycles. The Kier molecular flexibility index (Phi) is 6.30. The van der Waals surface area contributed by atoms with Crippen LogP contribution in [0.1, 0.15) is 74.0 Å². The molecule has 1 fully saturated rings. The Bertz CT molecular complexity index is 1210. The molecule has 1 saturated carbocycles. The first-order valence-electron chi connectivity index (χ1n) is 11.8. The topological polar surface area (TPSA) is 107 Å². The maximum atomic E-state index is 13.4. The predicted octanol–water partition coefficient (Wildman–Crippen LogP) is 4.67. The molecule has 0 heterocycles. The van der Waals surface area contributed by atoms with Crippen LogP contribution < -0.4 is 9.47 Å². The highest BCUT2D eigenvalue weighted by Gasteiger charge is 2.55. The van der Waals surface area contributed by atoms with Gasteiger partial charge in [0.2, 0.25) is 0 Å². The third-order valence-electron chi connectivity index (χ3n) is 7.81. The van der Waals surface area contributed by atoms with Crippen molar-refractivity contribution >= 4 is 23.7 Å². The second-order valence-corrected chi connectivity index (χ2v) is 10.2. The summed E-state index contributed by atoms with van der Waals surface area (Å²) in [5, 5.41) is 9.20. The van der Waals surface area contributed by atoms with Crippen molar-refractivity contribution in [2.45, 2.75) is 65.2 Å². The maximum Gasteiger partial charge on any atom is 0.335 e. The van der Waals surface area contributed by atoms with E-state index in [1.54, 1.807) is 36.4 Å². The molecule has 0 bridgehead atoms. The molecule has 0 unspecified atom stereocenters. The summed E-state index contributed by atoms with van der Waals surface area (Å²) in [4.78, 5) is 48.0. The van der Waals surface area contributed by atoms with Crippen LogP contribution in [0.5, 0.6) is 11.5 Å². The molecular weight excluding hydrogens is 448 g/mol. The number of hydrogen-bond acceptors (Lipinski definition) is 6. The van der Waals surface area contributed by atoms with Gasteiger partial charge < -0.3 is 14.6 Å². The monoisotopic (exact) mass is 478 g/mol. The average molecular weight is 479 g/mol. The number of esters is 2. The second-order valence-electron chi connectivity index (χ2n) is 10.2. The second kappa shape index (κ2) is 8.95. The van der Waals surface area contributed by atoms with Gasteiger partial charge in [-0.15, -0.1) is 0 Å². The highest BCUT2D eigenvalue weighted by Crippen LogP contribution is 2.58. The summed E-state index contributed by atoms with van der Waals surface area (Å²) in [6, 6.07) is 10.3. The van der Waals surface area contributed by atoms with Crippen molar-refractivity contribution in [1.29, 1.82) is 0 Å². The third kappa shape index (κ3) is 4.47. The highest BCUT2D eigenvalue weighted by atomic mass is 16.6. The van der Waals surface area contributed by atoms with Gasteiger partial charge in [0.05, 0.1) is 5.56 Å². The van der Waals surface area contributed by atoms with Gasteiger partial charge in [0.15, 0.2) is 11.5 Å². The number of ketones is 1. The standard InChI is InChI=1S/C28H30O7/c1-16(29)34-22-13-20-9-10-24-27(3,21(20)14-23(22)35-17(2)30)12-11-25(31)28(24,4)15-18-5-7-19(8-6-18)26(32)33/h5-8,13-14,24H,9-12,15H2,1-4H3,(H,32,33)/t24-,27-,28+/m0/s1. The van der Waals surface area contributed by atoms with Crippen LogP contribution in [0.25, 0.3) is 0 Å². The van der Waals surface area contributed by atoms with E-state index in [0.717, 1.165) is 23.1 Å². The van der Waals surface area contributed by atoms with E-state index in [0.29, 0.717) is 25.7 Å². The predicted molar refractivity (Wildman–Crippen MR) is 128 cm³/mol. The van der Waals surface area contributed by atoms with Crippen LogP contribution >= 0.6 is 0 Å². The number of aromatic carboxylic acids is 1. The van der Waals surface area contributed by atoms with Gasteiger partial charge in [0.1, 0.15) is 5.78 Å². The number of rotatable bonds is 5. The molecule has 0 spiro atoms. The normalized spacial score (nSPS) is 25.3. The number of carbonyl (C=O) groups excluding carboxylic acids is 3. The van der Waals surface area contributed by atoms with Crippen LogP contribution in [0.3, 0.4) is 0 Å². The smallest absolute Gasteiger partial charge is 0.335 e. The lowest BCUT2D eigenvalue weighted by atomic mass is 9.48. The maximum absolute atomic E-state index is 13.4. The zero-order chi connectivity index (χ0) is 25.5. The van der Waals surface area contributed by atoms with Gasteiger partial charge in [0, 0.05) is 25.7 Å². The first kappa shape index (κ1) is 24.6. The Hall–Kier alpha value is -3.48. The molecule has 0 saturated heterocycles. The fourth-order valence-corrected chi connectivity index (χ4v) is 6.21. The summed E-state index contributed by atoms with van der Waals surface area (Å²) < 4.78 is 10.7. The van der Waals surface area contributed by atoms with Crippen LogP contribution in [0, 0.1) is 11.3 Å². The number of fused-ring (bicyclic) bond motifs is 3. The lowest BCUT2D eigenvalue weighted by Gasteiger charge is -2.54. The van der Waals surface area contributed by atoms with E-state index in [4.69, 9.17) is 9.47 Å². The zero-order valence-electron chi connectivity index (χ0n) is 20.5. The first-order valence-corrected chi connectivity index (χ1v) is 11.8. The molecule has 0 aliphatic heterocycles. The van der Waals surface area contributed by atoms with Crippen LogP contribution in [0.15, 0.2) is 36.4 Å². The van der Waals surface area contributed by atoms with Gasteiger partial charge in [-0.05, 0) is 78.0 Å². The summed E-state index contributed by atoms with van der Waals surface area (Å²) >= 11 is 0. The number of aryl methyl sites for hydroxylation is 1. The van der Waals surface area contributed by atoms with E-state index < -0.39 is 23.3 Å². The van der Waals surface area contributed by atoms with Crippen molar-refractivity contribution in [3.8, 4) is 11.5 Å². The van der Waals surface area contributed by atoms with E-state index in [1.807, 2.05) is 6.92 Å². The van der Waals surface area contributed by atoms with Gasteiger partial charge in [0.25, 0.3) is 0 Å². The van der Waals surface area contributed by atoms with Crippen molar-refractivity contribution in [2.24, 2.45) is 11.3 Å². The fourth-order valence-electron chi connectivity index (χ4n) is 6.21. The molecule has 1 N–H and O–H groups in total. The van der Waals surface area contributed by atoms with Crippen molar-refractivity contribution in [3.05, 3.63) is 58.7 Å². The number of benzene rings is 2. The van der Waals surface area contributed by atoms with Crippen molar-refractivity contribution < 1.29 is 33.8 Å². The lowest BCUT2D eigenvalue weighted by molar-refractivity contribution is -0.138. The Morgan fingerprint density at radius 2 is 1.57 bits per heavy atom. The van der Waals surface area contributed by atoms with Crippen LogP contribution in [-0.4, -0.2) is 28.8 Å². The third-order valence-corrected chi connectivity index (χ3v) is 7.81. The van der Waals surface area contributed by atoms with Crippen molar-refractivity contribution in [1.82, 2.24) is 0 Å². The van der Waals surface area contributed by atoms with Gasteiger partial charge in [-0.25, -0.2) is 4.79 Å². The van der Waals surface area contributed by atoms with E-state index in [2.05, 4.69) is 6.92 Å². The molecule has 3 atom stereocenters. The molecule has 2 aromatic rings. The minimum absolute atomic E-state index is 0.0349. The van der Waals surface area contributed by atoms with Crippen LogP contribution in [0.4, 0.5) is 0 Å². The summed E-state index contributed by atoms with van der Waals surface area (Å²) in [7, 11) is 0. The lowest BCUT2D eigenvalue weighted by Crippen LogP contribution is -2.54. The van der Waals surface area contributed by atoms with Crippen molar-refractivity contribution in [3.63, 3.8) is 0 Å². The molecule has 4 rings (SSSR count). The van der Waals surface area contributed by atoms with Crippen LogP contribution in [0.2, 0.25) is 0 Å². The van der Waals surface area contributed by atoms with Crippen molar-refractivity contribution in [2.75, 3.05) is 0 Å². The number of ether oxygens (including phenoxy) is 2. The minimum Gasteiger partial charge on any atom is -0.478 e. The summed E-state index contributed by atoms with van der Waals surface area (Å²) in [6.45, 7) is 6.79. The average Bonchev–Trinajstić information content (AvgIpc) is 2.77. The van der Waals surface area contributed by atoms with E-state index in [-0.39, 0.29) is 34.2 Å². The quantitative estimate of drug-likeness (QED) is 0.492. The summed E-state index contributed by atoms with van der Waals surface area (Å²) in [6.07, 6.45) is 3.09. The number of carbonyl (C=O) groups is 4. The Morgan fingerprint density at radius 1 is 0.971 bits per heavy atom. The fraction of sp³-hybridized carbons (Fsp3) is 0.429. The largest absolute Gasteiger partial charge is 0.478 e. The van der Waals surface area contributed by atoms with Gasteiger partial charge in [-0.1, -0.05) is 26.0 Å². The molecule has 0 amide bonds. The van der Waals surface area contributed by atoms with Gasteiger partial charge in [-0.2, -0.15) is 0 Å². The molecule has 7 heteroatoms. The number of hydrogen-bond donors (Lipinski definition) is 1. The van der Waals surface area contributed by atoms with E-state index >= 15 is 0 Å².